The van der Waals surface area contributed by atoms with Crippen LogP contribution in [0.15, 0.2) is 36.4 Å². The topological polar surface area (TPSA) is 49.9 Å². The maximum Gasteiger partial charge on any atom is 0.260 e. The van der Waals surface area contributed by atoms with E-state index in [1.165, 1.54) is 0 Å². The first kappa shape index (κ1) is 19.0. The van der Waals surface area contributed by atoms with Gasteiger partial charge in [0.1, 0.15) is 12.0 Å². The molecular formula is C22H26N2O3. The molecule has 0 spiro atoms. The molecule has 5 nitrogen and oxygen atoms in total. The summed E-state index contributed by atoms with van der Waals surface area (Å²) in [6, 6.07) is 11.7. The zero-order chi connectivity index (χ0) is 19.4. The Hall–Kier alpha value is -2.82. The molecule has 1 fully saturated rings. The Morgan fingerprint density at radius 1 is 1.00 bits per heavy atom. The fraction of sp³-hybridized carbons (Fsp3) is 0.364. The van der Waals surface area contributed by atoms with Gasteiger partial charge in [-0.2, -0.15) is 0 Å². The number of hydrogen-bond donors (Lipinski definition) is 0. The van der Waals surface area contributed by atoms with E-state index in [9.17, 15) is 9.59 Å². The van der Waals surface area contributed by atoms with Crippen LogP contribution in [0.2, 0.25) is 0 Å². The summed E-state index contributed by atoms with van der Waals surface area (Å²) in [4.78, 5) is 27.7. The monoisotopic (exact) mass is 366 g/mol. The SMILES string of the molecule is Cc1cc(N2CCN(C(=O)COc3ccccc3C)CC2)c(C)cc1C=O. The normalized spacial score (nSPS) is 14.2. The highest BCUT2D eigenvalue weighted by Crippen LogP contribution is 2.25. The Bertz CT molecular complexity index is 839. The van der Waals surface area contributed by atoms with Gasteiger partial charge >= 0.3 is 0 Å². The zero-order valence-electron chi connectivity index (χ0n) is 16.2. The number of nitrogens with zero attached hydrogens (tertiary/aromatic N) is 2. The van der Waals surface area contributed by atoms with Gasteiger partial charge in [0.25, 0.3) is 5.91 Å². The molecule has 2 aromatic rings. The van der Waals surface area contributed by atoms with Crippen LogP contribution in [0.5, 0.6) is 5.75 Å². The van der Waals surface area contributed by atoms with Gasteiger partial charge in [-0.3, -0.25) is 9.59 Å². The Morgan fingerprint density at radius 3 is 2.37 bits per heavy atom. The lowest BCUT2D eigenvalue weighted by atomic mass is 10.0. The molecule has 0 unspecified atom stereocenters. The first-order chi connectivity index (χ1) is 13.0. The number of aldehydes is 1. The van der Waals surface area contributed by atoms with Crippen LogP contribution < -0.4 is 9.64 Å². The second-order valence-electron chi connectivity index (χ2n) is 7.04. The van der Waals surface area contributed by atoms with E-state index in [2.05, 4.69) is 11.0 Å². The lowest BCUT2D eigenvalue weighted by molar-refractivity contribution is -0.133. The van der Waals surface area contributed by atoms with Crippen molar-refractivity contribution in [3.05, 3.63) is 58.7 Å². The third-order valence-electron chi connectivity index (χ3n) is 5.13. The van der Waals surface area contributed by atoms with Crippen LogP contribution in [-0.2, 0) is 4.79 Å². The lowest BCUT2D eigenvalue weighted by Gasteiger charge is -2.37. The average molecular weight is 366 g/mol. The number of rotatable bonds is 5. The summed E-state index contributed by atoms with van der Waals surface area (Å²) in [5.74, 6) is 0.771. The molecule has 0 atom stereocenters. The van der Waals surface area contributed by atoms with Crippen molar-refractivity contribution in [2.45, 2.75) is 20.8 Å². The Kier molecular flexibility index (Phi) is 5.79. The number of aryl methyl sites for hydroxylation is 3. The summed E-state index contributed by atoms with van der Waals surface area (Å²) < 4.78 is 5.69. The molecule has 1 heterocycles. The summed E-state index contributed by atoms with van der Waals surface area (Å²) in [5, 5.41) is 0. The molecule has 27 heavy (non-hydrogen) atoms. The zero-order valence-corrected chi connectivity index (χ0v) is 16.2. The minimum Gasteiger partial charge on any atom is -0.484 e. The van der Waals surface area contributed by atoms with Crippen LogP contribution in [0, 0.1) is 20.8 Å². The summed E-state index contributed by atoms with van der Waals surface area (Å²) >= 11 is 0. The highest BCUT2D eigenvalue weighted by Gasteiger charge is 2.23. The molecule has 142 valence electrons. The average Bonchev–Trinajstić information content (AvgIpc) is 2.68. The largest absolute Gasteiger partial charge is 0.484 e. The summed E-state index contributed by atoms with van der Waals surface area (Å²) in [6.45, 7) is 8.90. The van der Waals surface area contributed by atoms with Crippen molar-refractivity contribution in [1.29, 1.82) is 0 Å². The molecule has 0 N–H and O–H groups in total. The molecule has 1 aliphatic rings. The van der Waals surface area contributed by atoms with E-state index in [1.807, 2.05) is 56.0 Å². The number of carbonyl (C=O) groups is 2. The number of benzene rings is 2. The quantitative estimate of drug-likeness (QED) is 0.763. The van der Waals surface area contributed by atoms with Gasteiger partial charge in [0.05, 0.1) is 0 Å². The van der Waals surface area contributed by atoms with Crippen LogP contribution in [0.1, 0.15) is 27.0 Å². The van der Waals surface area contributed by atoms with Crippen molar-refractivity contribution >= 4 is 17.9 Å². The third-order valence-corrected chi connectivity index (χ3v) is 5.13. The summed E-state index contributed by atoms with van der Waals surface area (Å²) in [7, 11) is 0. The predicted octanol–water partition coefficient (Wildman–Crippen LogP) is 3.15. The van der Waals surface area contributed by atoms with Crippen molar-refractivity contribution in [3.63, 3.8) is 0 Å². The van der Waals surface area contributed by atoms with Gasteiger partial charge in [-0.1, -0.05) is 18.2 Å². The Morgan fingerprint density at radius 2 is 1.70 bits per heavy atom. The molecule has 0 radical (unpaired) electrons. The highest BCUT2D eigenvalue weighted by atomic mass is 16.5. The molecule has 0 aromatic heterocycles. The van der Waals surface area contributed by atoms with E-state index < -0.39 is 0 Å². The third kappa shape index (κ3) is 4.30. The van der Waals surface area contributed by atoms with Gasteiger partial charge in [-0.05, 0) is 55.7 Å². The number of anilines is 1. The minimum atomic E-state index is 0.0158. The smallest absolute Gasteiger partial charge is 0.260 e. The summed E-state index contributed by atoms with van der Waals surface area (Å²) in [5.41, 5.74) is 4.97. The maximum atomic E-state index is 12.5. The second-order valence-corrected chi connectivity index (χ2v) is 7.04. The minimum absolute atomic E-state index is 0.0158. The fourth-order valence-electron chi connectivity index (χ4n) is 3.44. The van der Waals surface area contributed by atoms with E-state index in [0.29, 0.717) is 13.1 Å². The number of hydrogen-bond acceptors (Lipinski definition) is 4. The van der Waals surface area contributed by atoms with Crippen LogP contribution in [0.25, 0.3) is 0 Å². The van der Waals surface area contributed by atoms with Crippen LogP contribution >= 0.6 is 0 Å². The van der Waals surface area contributed by atoms with Crippen molar-refractivity contribution in [3.8, 4) is 5.75 Å². The predicted molar refractivity (Wildman–Crippen MR) is 107 cm³/mol. The van der Waals surface area contributed by atoms with E-state index >= 15 is 0 Å². The number of para-hydroxylation sites is 1. The van der Waals surface area contributed by atoms with E-state index in [-0.39, 0.29) is 12.5 Å². The molecule has 2 aromatic carbocycles. The molecule has 0 bridgehead atoms. The van der Waals surface area contributed by atoms with Crippen LogP contribution in [-0.4, -0.2) is 49.9 Å². The van der Waals surface area contributed by atoms with E-state index in [0.717, 1.165) is 53.1 Å². The number of piperazine rings is 1. The Labute approximate surface area is 160 Å². The molecular weight excluding hydrogens is 340 g/mol. The molecule has 3 rings (SSSR count). The van der Waals surface area contributed by atoms with Crippen molar-refractivity contribution < 1.29 is 14.3 Å². The molecule has 0 saturated carbocycles. The second kappa shape index (κ2) is 8.25. The number of ether oxygens (including phenoxy) is 1. The fourth-order valence-corrected chi connectivity index (χ4v) is 3.44. The first-order valence-corrected chi connectivity index (χ1v) is 9.27. The molecule has 1 aliphatic heterocycles. The van der Waals surface area contributed by atoms with E-state index in [4.69, 9.17) is 4.74 Å². The maximum absolute atomic E-state index is 12.5. The van der Waals surface area contributed by atoms with Gasteiger partial charge < -0.3 is 14.5 Å². The molecule has 1 saturated heterocycles. The number of carbonyl (C=O) groups excluding carboxylic acids is 2. The van der Waals surface area contributed by atoms with Gasteiger partial charge in [-0.15, -0.1) is 0 Å². The molecule has 1 amide bonds. The first-order valence-electron chi connectivity index (χ1n) is 9.27. The van der Waals surface area contributed by atoms with Gasteiger partial charge in [0.15, 0.2) is 6.61 Å². The van der Waals surface area contributed by atoms with Gasteiger partial charge in [-0.25, -0.2) is 0 Å². The molecule has 5 heteroatoms. The van der Waals surface area contributed by atoms with Crippen LogP contribution in [0.3, 0.4) is 0 Å². The van der Waals surface area contributed by atoms with Crippen LogP contribution in [0.4, 0.5) is 5.69 Å². The Balaban J connectivity index is 1.57. The van der Waals surface area contributed by atoms with Crippen molar-refractivity contribution in [2.75, 3.05) is 37.7 Å². The highest BCUT2D eigenvalue weighted by molar-refractivity contribution is 5.80. The van der Waals surface area contributed by atoms with Crippen molar-refractivity contribution in [1.82, 2.24) is 4.90 Å². The van der Waals surface area contributed by atoms with E-state index in [1.54, 1.807) is 0 Å². The lowest BCUT2D eigenvalue weighted by Crippen LogP contribution is -2.50. The van der Waals surface area contributed by atoms with Gasteiger partial charge in [0.2, 0.25) is 0 Å². The molecule has 0 aliphatic carbocycles. The van der Waals surface area contributed by atoms with Gasteiger partial charge in [0, 0.05) is 37.4 Å². The number of amides is 1. The summed E-state index contributed by atoms with van der Waals surface area (Å²) in [6.07, 6.45) is 0.900. The van der Waals surface area contributed by atoms with Crippen molar-refractivity contribution in [2.24, 2.45) is 0 Å². The standard InChI is InChI=1S/C22H26N2O3/c1-16-6-4-5-7-21(16)27-15-22(26)24-10-8-23(9-11-24)20-13-17(2)19(14-25)12-18(20)3/h4-7,12-14H,8-11,15H2,1-3H3.